The molecule has 0 unspecified atom stereocenters. The quantitative estimate of drug-likeness (QED) is 0.559. The van der Waals surface area contributed by atoms with Crippen LogP contribution in [0.4, 0.5) is 0 Å². The zero-order valence-corrected chi connectivity index (χ0v) is 8.05. The molecule has 0 aromatic carbocycles. The molecule has 1 amide bonds. The van der Waals surface area contributed by atoms with Crippen LogP contribution in [0.5, 0.6) is 0 Å². The number of carbonyl (C=O) groups is 1. The van der Waals surface area contributed by atoms with Crippen molar-refractivity contribution < 1.29 is 4.79 Å². The fourth-order valence-electron chi connectivity index (χ4n) is 1.40. The summed E-state index contributed by atoms with van der Waals surface area (Å²) in [6.07, 6.45) is 3.13. The molecular formula is C9H19NO. The fourth-order valence-corrected chi connectivity index (χ4v) is 1.40. The standard InChI is InChI=1S/C9H19NO/c1-5-7-9(3,4)10(6-2)8-11/h8H,5-7H2,1-4H3. The van der Waals surface area contributed by atoms with Crippen molar-refractivity contribution in [3.05, 3.63) is 0 Å². The maximum Gasteiger partial charge on any atom is 0.210 e. The molecule has 0 rings (SSSR count). The van der Waals surface area contributed by atoms with Gasteiger partial charge >= 0.3 is 0 Å². The van der Waals surface area contributed by atoms with Crippen LogP contribution in [-0.2, 0) is 4.79 Å². The van der Waals surface area contributed by atoms with Crippen molar-refractivity contribution in [2.24, 2.45) is 0 Å². The van der Waals surface area contributed by atoms with E-state index in [-0.39, 0.29) is 5.54 Å². The molecule has 0 saturated carbocycles. The van der Waals surface area contributed by atoms with E-state index in [0.29, 0.717) is 0 Å². The minimum absolute atomic E-state index is 0.0330. The normalized spacial score (nSPS) is 11.3. The molecule has 0 aromatic rings. The summed E-state index contributed by atoms with van der Waals surface area (Å²) in [7, 11) is 0. The first-order chi connectivity index (χ1) is 5.08. The molecule has 0 aromatic heterocycles. The summed E-state index contributed by atoms with van der Waals surface area (Å²) in [5.74, 6) is 0. The Morgan fingerprint density at radius 2 is 1.91 bits per heavy atom. The second kappa shape index (κ2) is 4.37. The summed E-state index contributed by atoms with van der Waals surface area (Å²) >= 11 is 0. The molecule has 0 bridgehead atoms. The fraction of sp³-hybridized carbons (Fsp3) is 0.889. The number of rotatable bonds is 5. The summed E-state index contributed by atoms with van der Waals surface area (Å²) in [6, 6.07) is 0. The topological polar surface area (TPSA) is 20.3 Å². The molecule has 0 fully saturated rings. The first-order valence-electron chi connectivity index (χ1n) is 4.30. The van der Waals surface area contributed by atoms with Gasteiger partial charge in [0.15, 0.2) is 0 Å². The van der Waals surface area contributed by atoms with Crippen molar-refractivity contribution in [3.63, 3.8) is 0 Å². The van der Waals surface area contributed by atoms with Gasteiger partial charge in [-0.2, -0.15) is 0 Å². The molecule has 0 radical (unpaired) electrons. The van der Waals surface area contributed by atoms with E-state index in [1.54, 1.807) is 0 Å². The average Bonchev–Trinajstić information content (AvgIpc) is 1.89. The monoisotopic (exact) mass is 157 g/mol. The SMILES string of the molecule is CCCC(C)(C)N(C=O)CC. The number of nitrogens with zero attached hydrogens (tertiary/aromatic N) is 1. The van der Waals surface area contributed by atoms with E-state index in [0.717, 1.165) is 25.8 Å². The molecular weight excluding hydrogens is 138 g/mol. The van der Waals surface area contributed by atoms with Gasteiger partial charge in [-0.3, -0.25) is 4.79 Å². The summed E-state index contributed by atoms with van der Waals surface area (Å²) < 4.78 is 0. The van der Waals surface area contributed by atoms with Gasteiger partial charge in [0.05, 0.1) is 0 Å². The second-order valence-corrected chi connectivity index (χ2v) is 3.45. The Morgan fingerprint density at radius 3 is 2.18 bits per heavy atom. The summed E-state index contributed by atoms with van der Waals surface area (Å²) in [6.45, 7) is 9.16. The Kier molecular flexibility index (Phi) is 4.16. The summed E-state index contributed by atoms with van der Waals surface area (Å²) in [4.78, 5) is 12.4. The first-order valence-corrected chi connectivity index (χ1v) is 4.30. The molecule has 0 aliphatic heterocycles. The highest BCUT2D eigenvalue weighted by atomic mass is 16.1. The van der Waals surface area contributed by atoms with E-state index >= 15 is 0 Å². The van der Waals surface area contributed by atoms with E-state index in [1.807, 2.05) is 11.8 Å². The highest BCUT2D eigenvalue weighted by Crippen LogP contribution is 2.18. The van der Waals surface area contributed by atoms with Crippen molar-refractivity contribution >= 4 is 6.41 Å². The zero-order chi connectivity index (χ0) is 8.91. The number of amides is 1. The van der Waals surface area contributed by atoms with Gasteiger partial charge in [-0.25, -0.2) is 0 Å². The van der Waals surface area contributed by atoms with Crippen LogP contribution < -0.4 is 0 Å². The van der Waals surface area contributed by atoms with Gasteiger partial charge in [-0.15, -0.1) is 0 Å². The van der Waals surface area contributed by atoms with Crippen LogP contribution in [-0.4, -0.2) is 23.4 Å². The first kappa shape index (κ1) is 10.5. The van der Waals surface area contributed by atoms with Gasteiger partial charge in [-0.05, 0) is 27.2 Å². The van der Waals surface area contributed by atoms with Crippen molar-refractivity contribution in [2.45, 2.75) is 46.1 Å². The van der Waals surface area contributed by atoms with Crippen molar-refractivity contribution in [1.82, 2.24) is 4.90 Å². The minimum atomic E-state index is 0.0330. The highest BCUT2D eigenvalue weighted by molar-refractivity contribution is 5.48. The summed E-state index contributed by atoms with van der Waals surface area (Å²) in [5.41, 5.74) is 0.0330. The van der Waals surface area contributed by atoms with E-state index < -0.39 is 0 Å². The van der Waals surface area contributed by atoms with Crippen molar-refractivity contribution in [2.75, 3.05) is 6.54 Å². The van der Waals surface area contributed by atoms with Gasteiger partial charge in [0, 0.05) is 12.1 Å². The lowest BCUT2D eigenvalue weighted by Crippen LogP contribution is -2.42. The van der Waals surface area contributed by atoms with Crippen LogP contribution in [0.2, 0.25) is 0 Å². The zero-order valence-electron chi connectivity index (χ0n) is 8.05. The van der Waals surface area contributed by atoms with E-state index in [9.17, 15) is 4.79 Å². The largest absolute Gasteiger partial charge is 0.340 e. The molecule has 0 aliphatic rings. The molecule has 11 heavy (non-hydrogen) atoms. The molecule has 0 N–H and O–H groups in total. The molecule has 66 valence electrons. The van der Waals surface area contributed by atoms with Gasteiger partial charge < -0.3 is 4.90 Å². The van der Waals surface area contributed by atoms with E-state index in [4.69, 9.17) is 0 Å². The number of carbonyl (C=O) groups excluding carboxylic acids is 1. The predicted molar refractivity (Wildman–Crippen MR) is 47.4 cm³/mol. The Balaban J connectivity index is 4.11. The molecule has 0 spiro atoms. The lowest BCUT2D eigenvalue weighted by Gasteiger charge is -2.34. The van der Waals surface area contributed by atoms with Crippen molar-refractivity contribution in [1.29, 1.82) is 0 Å². The molecule has 2 heteroatoms. The molecule has 0 saturated heterocycles. The van der Waals surface area contributed by atoms with Crippen LogP contribution in [0.1, 0.15) is 40.5 Å². The maximum absolute atomic E-state index is 10.6. The Bertz CT molecular complexity index is 121. The lowest BCUT2D eigenvalue weighted by atomic mass is 9.97. The molecule has 0 heterocycles. The maximum atomic E-state index is 10.6. The minimum Gasteiger partial charge on any atom is -0.340 e. The van der Waals surface area contributed by atoms with Gasteiger partial charge in [-0.1, -0.05) is 13.3 Å². The van der Waals surface area contributed by atoms with Crippen molar-refractivity contribution in [3.8, 4) is 0 Å². The third-order valence-corrected chi connectivity index (χ3v) is 2.11. The predicted octanol–water partition coefficient (Wildman–Crippen LogP) is 2.04. The number of hydrogen-bond donors (Lipinski definition) is 0. The lowest BCUT2D eigenvalue weighted by molar-refractivity contribution is -0.122. The van der Waals surface area contributed by atoms with Crippen LogP contribution in [0.25, 0.3) is 0 Å². The third-order valence-electron chi connectivity index (χ3n) is 2.11. The number of hydrogen-bond acceptors (Lipinski definition) is 1. The van der Waals surface area contributed by atoms with Crippen LogP contribution >= 0.6 is 0 Å². The van der Waals surface area contributed by atoms with Gasteiger partial charge in [0.2, 0.25) is 6.41 Å². The molecule has 2 nitrogen and oxygen atoms in total. The summed E-state index contributed by atoms with van der Waals surface area (Å²) in [5, 5.41) is 0. The van der Waals surface area contributed by atoms with Crippen LogP contribution in [0.3, 0.4) is 0 Å². The Labute approximate surface area is 69.6 Å². The second-order valence-electron chi connectivity index (χ2n) is 3.45. The van der Waals surface area contributed by atoms with Gasteiger partial charge in [0.25, 0.3) is 0 Å². The Morgan fingerprint density at radius 1 is 1.36 bits per heavy atom. The smallest absolute Gasteiger partial charge is 0.210 e. The van der Waals surface area contributed by atoms with Gasteiger partial charge in [0.1, 0.15) is 0 Å². The molecule has 0 aliphatic carbocycles. The average molecular weight is 157 g/mol. The van der Waals surface area contributed by atoms with Crippen LogP contribution in [0.15, 0.2) is 0 Å². The third kappa shape index (κ3) is 2.91. The molecule has 0 atom stereocenters. The Hall–Kier alpha value is -0.530. The van der Waals surface area contributed by atoms with Crippen LogP contribution in [0, 0.1) is 0 Å². The van der Waals surface area contributed by atoms with E-state index in [2.05, 4.69) is 20.8 Å². The highest BCUT2D eigenvalue weighted by Gasteiger charge is 2.22. The van der Waals surface area contributed by atoms with E-state index in [1.165, 1.54) is 0 Å².